The number of carbonyl (C=O) groups excluding carboxylic acids is 5. The van der Waals surface area contributed by atoms with Gasteiger partial charge in [0, 0.05) is 66.7 Å². The van der Waals surface area contributed by atoms with Crippen molar-refractivity contribution in [1.29, 1.82) is 5.26 Å². The van der Waals surface area contributed by atoms with Crippen LogP contribution >= 0.6 is 22.9 Å². The highest BCUT2D eigenvalue weighted by molar-refractivity contribution is 7.13. The van der Waals surface area contributed by atoms with Gasteiger partial charge in [-0.15, -0.1) is 11.3 Å². The van der Waals surface area contributed by atoms with Crippen LogP contribution < -0.4 is 26.0 Å². The standard InChI is InChI=1S/C51H62ClN7O8S/c1-30-41(68-29-56-30)32-13-11-31(12-14-32)26-55-45(64)39-23-36(60)27-59(39)46(65)42(49(2,3)4)57-40(61)28-66-22-10-9-21-54-43(62)33-15-17-34(18-16-33)44(63)58-47-50(5,6)48(51(47,7)8)67-37-20-19-35(25-53)38(52)24-37/h11-20,24,29,36,39,42,47-48,60H,9-10,21-23,26-28H2,1-8H3,(H,54,62)(H,55,64)(H,57,61)(H,58,63)/t36-,39+,42-,47?,48?/m1/s1. The molecule has 5 N–H and O–H groups in total. The third-order valence-corrected chi connectivity index (χ3v) is 14.1. The minimum absolute atomic E-state index is 0.0340. The van der Waals surface area contributed by atoms with E-state index in [1.807, 2.05) is 85.7 Å². The first-order chi connectivity index (χ1) is 32.1. The number of aliphatic hydroxyl groups is 1. The minimum Gasteiger partial charge on any atom is -0.489 e. The zero-order chi connectivity index (χ0) is 49.6. The molecule has 1 aliphatic carbocycles. The van der Waals surface area contributed by atoms with Crippen LogP contribution in [0.3, 0.4) is 0 Å². The summed E-state index contributed by atoms with van der Waals surface area (Å²) < 4.78 is 11.9. The molecule has 2 fully saturated rings. The predicted octanol–water partition coefficient (Wildman–Crippen LogP) is 6.59. The molecular formula is C51H62ClN7O8S. The number of aliphatic hydroxyl groups excluding tert-OH is 1. The van der Waals surface area contributed by atoms with Crippen LogP contribution in [0.25, 0.3) is 10.4 Å². The van der Waals surface area contributed by atoms with E-state index in [-0.39, 0.29) is 62.6 Å². The number of likely N-dealkylation sites (tertiary alicyclic amines) is 1. The van der Waals surface area contributed by atoms with E-state index in [0.29, 0.717) is 46.8 Å². The molecule has 2 heterocycles. The number of unbranched alkanes of at least 4 members (excludes halogenated alkanes) is 1. The Morgan fingerprint density at radius 1 is 0.956 bits per heavy atom. The number of thiazole rings is 1. The largest absolute Gasteiger partial charge is 0.489 e. The number of aromatic nitrogens is 1. The zero-order valence-corrected chi connectivity index (χ0v) is 41.5. The Morgan fingerprint density at radius 3 is 2.22 bits per heavy atom. The van der Waals surface area contributed by atoms with E-state index < -0.39 is 46.2 Å². The fourth-order valence-electron chi connectivity index (χ4n) is 9.36. The molecule has 362 valence electrons. The SMILES string of the molecule is Cc1ncsc1-c1ccc(CNC(=O)[C@@H]2C[C@@H](O)CN2C(=O)[C@@H](NC(=O)COCCCCNC(=O)c2ccc(C(=O)NC3C(C)(C)C(Oc4ccc(C#N)c(Cl)c4)C3(C)C)cc2)C(C)(C)C)cc1. The van der Waals surface area contributed by atoms with Gasteiger partial charge in [-0.25, -0.2) is 4.98 Å². The average Bonchev–Trinajstić information content (AvgIpc) is 3.92. The number of nitrogens with one attached hydrogen (secondary N) is 4. The lowest BCUT2D eigenvalue weighted by molar-refractivity contribution is -0.164. The van der Waals surface area contributed by atoms with Crippen molar-refractivity contribution in [3.63, 3.8) is 0 Å². The Balaban J connectivity index is 0.894. The number of ether oxygens (including phenoxy) is 2. The zero-order valence-electron chi connectivity index (χ0n) is 39.9. The first-order valence-electron chi connectivity index (χ1n) is 22.8. The van der Waals surface area contributed by atoms with E-state index in [1.54, 1.807) is 59.3 Å². The average molecular weight is 969 g/mol. The molecule has 1 aromatic heterocycles. The van der Waals surface area contributed by atoms with Gasteiger partial charge in [0.25, 0.3) is 11.8 Å². The highest BCUT2D eigenvalue weighted by Crippen LogP contribution is 2.55. The number of rotatable bonds is 18. The third-order valence-electron chi connectivity index (χ3n) is 12.8. The summed E-state index contributed by atoms with van der Waals surface area (Å²) in [6, 6.07) is 19.2. The van der Waals surface area contributed by atoms with Crippen molar-refractivity contribution in [2.24, 2.45) is 16.2 Å². The van der Waals surface area contributed by atoms with Gasteiger partial charge in [-0.2, -0.15) is 5.26 Å². The number of β-amino-alcohol motifs (C(OH)–C–C–N with tert-alkyl or cyclic N) is 1. The van der Waals surface area contributed by atoms with Crippen LogP contribution in [0.5, 0.6) is 5.75 Å². The number of nitrogens with zero attached hydrogens (tertiary/aromatic N) is 3. The number of nitriles is 1. The number of aryl methyl sites for hydroxylation is 1. The number of benzene rings is 3. The Hall–Kier alpha value is -5.86. The molecule has 1 saturated carbocycles. The van der Waals surface area contributed by atoms with Crippen molar-refractivity contribution in [3.8, 4) is 22.3 Å². The van der Waals surface area contributed by atoms with Gasteiger partial charge < -0.3 is 40.7 Å². The van der Waals surface area contributed by atoms with Crippen molar-refractivity contribution in [3.05, 3.63) is 105 Å². The monoisotopic (exact) mass is 967 g/mol. The van der Waals surface area contributed by atoms with Gasteiger partial charge in [0.2, 0.25) is 17.7 Å². The molecule has 17 heteroatoms. The molecular weight excluding hydrogens is 906 g/mol. The van der Waals surface area contributed by atoms with Crippen LogP contribution in [0.15, 0.2) is 72.2 Å². The molecule has 6 rings (SSSR count). The summed E-state index contributed by atoms with van der Waals surface area (Å²) >= 11 is 7.79. The fraction of sp³-hybridized carbons (Fsp3) is 0.471. The Labute approximate surface area is 407 Å². The topological polar surface area (TPSA) is 212 Å². The van der Waals surface area contributed by atoms with Crippen LogP contribution in [0.2, 0.25) is 5.02 Å². The van der Waals surface area contributed by atoms with Crippen molar-refractivity contribution in [2.45, 2.75) is 112 Å². The molecule has 0 radical (unpaired) electrons. The van der Waals surface area contributed by atoms with Crippen molar-refractivity contribution in [1.82, 2.24) is 31.2 Å². The molecule has 1 aliphatic heterocycles. The van der Waals surface area contributed by atoms with E-state index in [2.05, 4.69) is 26.3 Å². The van der Waals surface area contributed by atoms with Crippen LogP contribution in [0.4, 0.5) is 0 Å². The van der Waals surface area contributed by atoms with E-state index in [0.717, 1.165) is 21.7 Å². The number of hydrogen-bond donors (Lipinski definition) is 5. The van der Waals surface area contributed by atoms with Crippen molar-refractivity contribution in [2.75, 3.05) is 26.3 Å². The molecule has 3 atom stereocenters. The number of amides is 5. The molecule has 0 bridgehead atoms. The number of carbonyl (C=O) groups is 5. The maximum absolute atomic E-state index is 14.0. The number of halogens is 1. The Kier molecular flexibility index (Phi) is 16.4. The molecule has 5 amide bonds. The summed E-state index contributed by atoms with van der Waals surface area (Å²) in [4.78, 5) is 73.5. The summed E-state index contributed by atoms with van der Waals surface area (Å²) in [6.07, 6.45) is 0.0658. The molecule has 0 unspecified atom stereocenters. The molecule has 15 nitrogen and oxygen atoms in total. The molecule has 0 spiro atoms. The highest BCUT2D eigenvalue weighted by atomic mass is 35.5. The maximum Gasteiger partial charge on any atom is 0.251 e. The quantitative estimate of drug-likeness (QED) is 0.0675. The van der Waals surface area contributed by atoms with Gasteiger partial charge in [-0.3, -0.25) is 24.0 Å². The van der Waals surface area contributed by atoms with Gasteiger partial charge >= 0.3 is 0 Å². The second-order valence-electron chi connectivity index (χ2n) is 19.8. The second-order valence-corrected chi connectivity index (χ2v) is 21.1. The lowest BCUT2D eigenvalue weighted by Crippen LogP contribution is -2.74. The molecule has 2 aliphatic rings. The summed E-state index contributed by atoms with van der Waals surface area (Å²) in [6.45, 7) is 16.0. The molecule has 4 aromatic rings. The van der Waals surface area contributed by atoms with Gasteiger partial charge in [-0.05, 0) is 72.7 Å². The Bertz CT molecular complexity index is 2500. The van der Waals surface area contributed by atoms with Crippen molar-refractivity contribution < 1.29 is 38.6 Å². The van der Waals surface area contributed by atoms with Gasteiger partial charge in [0.05, 0.1) is 32.8 Å². The summed E-state index contributed by atoms with van der Waals surface area (Å²) in [5.74, 6) is -1.36. The van der Waals surface area contributed by atoms with Crippen LogP contribution in [0.1, 0.15) is 105 Å². The van der Waals surface area contributed by atoms with Crippen LogP contribution in [-0.2, 0) is 25.7 Å². The summed E-state index contributed by atoms with van der Waals surface area (Å²) in [5.41, 5.74) is 4.26. The van der Waals surface area contributed by atoms with Crippen molar-refractivity contribution >= 4 is 52.5 Å². The second kappa shape index (κ2) is 21.6. The fourth-order valence-corrected chi connectivity index (χ4v) is 10.4. The first-order valence-corrected chi connectivity index (χ1v) is 24.1. The van der Waals surface area contributed by atoms with Gasteiger partial charge in [0.1, 0.15) is 36.6 Å². The van der Waals surface area contributed by atoms with Crippen LogP contribution in [0, 0.1) is 34.5 Å². The van der Waals surface area contributed by atoms with E-state index in [4.69, 9.17) is 21.1 Å². The summed E-state index contributed by atoms with van der Waals surface area (Å²) in [7, 11) is 0. The summed E-state index contributed by atoms with van der Waals surface area (Å²) in [5, 5.41) is 31.8. The Morgan fingerprint density at radius 2 is 1.62 bits per heavy atom. The molecule has 1 saturated heterocycles. The van der Waals surface area contributed by atoms with E-state index >= 15 is 0 Å². The van der Waals surface area contributed by atoms with Crippen LogP contribution in [-0.4, -0.2) is 101 Å². The normalized spacial score (nSPS) is 19.8. The van der Waals surface area contributed by atoms with E-state index in [1.165, 1.54) is 4.90 Å². The predicted molar refractivity (Wildman–Crippen MR) is 260 cm³/mol. The smallest absolute Gasteiger partial charge is 0.251 e. The van der Waals surface area contributed by atoms with Gasteiger partial charge in [-0.1, -0.05) is 84.3 Å². The first kappa shape index (κ1) is 51.5. The lowest BCUT2D eigenvalue weighted by atomic mass is 9.49. The highest BCUT2D eigenvalue weighted by Gasteiger charge is 2.64. The minimum atomic E-state index is -0.988. The molecule has 3 aromatic carbocycles. The number of hydrogen-bond acceptors (Lipinski definition) is 11. The van der Waals surface area contributed by atoms with E-state index in [9.17, 15) is 34.3 Å². The third kappa shape index (κ3) is 12.0. The lowest BCUT2D eigenvalue weighted by Gasteiger charge is -2.63. The van der Waals surface area contributed by atoms with Gasteiger partial charge in [0.15, 0.2) is 0 Å². The molecule has 68 heavy (non-hydrogen) atoms. The maximum atomic E-state index is 14.0.